The largest absolute Gasteiger partial charge is 0.358 e. The Morgan fingerprint density at radius 2 is 2.26 bits per heavy atom. The van der Waals surface area contributed by atoms with E-state index in [2.05, 4.69) is 16.9 Å². The van der Waals surface area contributed by atoms with E-state index in [-0.39, 0.29) is 0 Å². The number of hydrogen-bond acceptors (Lipinski definition) is 3. The van der Waals surface area contributed by atoms with Gasteiger partial charge in [0.2, 0.25) is 0 Å². The Balaban J connectivity index is 1.72. The van der Waals surface area contributed by atoms with Crippen LogP contribution in [0.3, 0.4) is 0 Å². The molecule has 0 radical (unpaired) electrons. The molecule has 3 rings (SSSR count). The fraction of sp³-hybridized carbons (Fsp3) is 0.667. The van der Waals surface area contributed by atoms with E-state index < -0.39 is 0 Å². The molecule has 3 unspecified atom stereocenters. The Bertz CT molecular complexity index is 463. The van der Waals surface area contributed by atoms with E-state index >= 15 is 0 Å². The van der Waals surface area contributed by atoms with Crippen LogP contribution in [0.1, 0.15) is 31.2 Å². The van der Waals surface area contributed by atoms with E-state index in [1.807, 2.05) is 6.07 Å². The second kappa shape index (κ2) is 5.29. The summed E-state index contributed by atoms with van der Waals surface area (Å²) in [6, 6.07) is 1.90. The zero-order valence-electron chi connectivity index (χ0n) is 11.5. The summed E-state index contributed by atoms with van der Waals surface area (Å²) in [6.45, 7) is 1.54. The smallest absolute Gasteiger partial charge is 0.147 e. The van der Waals surface area contributed by atoms with Crippen LogP contribution in [0.25, 0.3) is 0 Å². The average molecular weight is 280 g/mol. The third kappa shape index (κ3) is 2.46. The number of halogens is 1. The third-order valence-corrected chi connectivity index (χ3v) is 5.34. The molecule has 2 aliphatic rings. The molecule has 3 nitrogen and oxygen atoms in total. The first-order valence-electron chi connectivity index (χ1n) is 7.23. The zero-order chi connectivity index (χ0) is 13.4. The normalized spacial score (nSPS) is 28.9. The molecular formula is C15H22ClN3. The molecule has 2 aliphatic carbocycles. The Kier molecular flexibility index (Phi) is 3.68. The van der Waals surface area contributed by atoms with Crippen LogP contribution >= 0.6 is 11.6 Å². The van der Waals surface area contributed by atoms with E-state index in [1.165, 1.54) is 25.7 Å². The molecule has 1 aromatic rings. The Morgan fingerprint density at radius 1 is 1.42 bits per heavy atom. The van der Waals surface area contributed by atoms with Gasteiger partial charge in [0.25, 0.3) is 0 Å². The highest BCUT2D eigenvalue weighted by atomic mass is 35.5. The summed E-state index contributed by atoms with van der Waals surface area (Å²) in [4.78, 5) is 6.64. The fourth-order valence-corrected chi connectivity index (χ4v) is 4.27. The molecule has 2 saturated carbocycles. The van der Waals surface area contributed by atoms with Crippen molar-refractivity contribution in [3.8, 4) is 0 Å². The van der Waals surface area contributed by atoms with Crippen molar-refractivity contribution in [2.24, 2.45) is 23.5 Å². The van der Waals surface area contributed by atoms with Gasteiger partial charge < -0.3 is 10.6 Å². The quantitative estimate of drug-likeness (QED) is 0.921. The lowest BCUT2D eigenvalue weighted by Gasteiger charge is -2.28. The number of nitrogens with two attached hydrogens (primary N) is 1. The number of anilines is 1. The van der Waals surface area contributed by atoms with Crippen LogP contribution in [0, 0.1) is 17.8 Å². The van der Waals surface area contributed by atoms with Crippen molar-refractivity contribution in [2.75, 3.05) is 18.5 Å². The Morgan fingerprint density at radius 3 is 2.89 bits per heavy atom. The van der Waals surface area contributed by atoms with E-state index in [0.29, 0.717) is 6.54 Å². The molecule has 0 amide bonds. The zero-order valence-corrected chi connectivity index (χ0v) is 12.2. The van der Waals surface area contributed by atoms with Gasteiger partial charge in [-0.1, -0.05) is 18.0 Å². The van der Waals surface area contributed by atoms with Crippen LogP contribution in [-0.4, -0.2) is 18.6 Å². The van der Waals surface area contributed by atoms with Gasteiger partial charge in [-0.15, -0.1) is 0 Å². The predicted molar refractivity (Wildman–Crippen MR) is 79.3 cm³/mol. The van der Waals surface area contributed by atoms with Gasteiger partial charge in [-0.05, 0) is 48.6 Å². The lowest BCUT2D eigenvalue weighted by Crippen LogP contribution is -2.29. The maximum Gasteiger partial charge on any atom is 0.147 e. The molecule has 104 valence electrons. The van der Waals surface area contributed by atoms with Gasteiger partial charge in [0.15, 0.2) is 0 Å². The maximum atomic E-state index is 6.38. The standard InChI is InChI=1S/C15H22ClN3/c1-19(9-13-7-10-2-3-11(13)6-10)15-14(16)12(8-17)4-5-18-15/h4-5,10-11,13H,2-3,6-9,17H2,1H3. The van der Waals surface area contributed by atoms with E-state index in [0.717, 1.165) is 40.7 Å². The van der Waals surface area contributed by atoms with E-state index in [1.54, 1.807) is 6.20 Å². The minimum Gasteiger partial charge on any atom is -0.358 e. The first kappa shape index (κ1) is 13.2. The molecule has 1 heterocycles. The summed E-state index contributed by atoms with van der Waals surface area (Å²) < 4.78 is 0. The summed E-state index contributed by atoms with van der Waals surface area (Å²) >= 11 is 6.38. The van der Waals surface area contributed by atoms with Gasteiger partial charge in [0.1, 0.15) is 5.82 Å². The number of aromatic nitrogens is 1. The SMILES string of the molecule is CN(CC1CC2CCC1C2)c1nccc(CN)c1Cl. The average Bonchev–Trinajstić information content (AvgIpc) is 3.01. The van der Waals surface area contributed by atoms with Crippen molar-refractivity contribution in [1.29, 1.82) is 0 Å². The molecule has 0 aliphatic heterocycles. The third-order valence-electron chi connectivity index (χ3n) is 4.93. The fourth-order valence-electron chi connectivity index (χ4n) is 3.93. The highest BCUT2D eigenvalue weighted by Crippen LogP contribution is 2.48. The lowest BCUT2D eigenvalue weighted by atomic mass is 9.88. The van der Waals surface area contributed by atoms with Crippen LogP contribution in [0.4, 0.5) is 5.82 Å². The van der Waals surface area contributed by atoms with Crippen molar-refractivity contribution >= 4 is 17.4 Å². The van der Waals surface area contributed by atoms with Crippen molar-refractivity contribution in [2.45, 2.75) is 32.2 Å². The van der Waals surface area contributed by atoms with Gasteiger partial charge in [-0.3, -0.25) is 0 Å². The van der Waals surface area contributed by atoms with E-state index in [4.69, 9.17) is 17.3 Å². The maximum absolute atomic E-state index is 6.38. The molecule has 0 saturated heterocycles. The molecule has 2 fully saturated rings. The predicted octanol–water partition coefficient (Wildman–Crippen LogP) is 3.07. The van der Waals surface area contributed by atoms with Crippen LogP contribution in [-0.2, 0) is 6.54 Å². The van der Waals surface area contributed by atoms with Crippen LogP contribution in [0.5, 0.6) is 0 Å². The number of hydrogen-bond donors (Lipinski definition) is 1. The molecule has 19 heavy (non-hydrogen) atoms. The minimum atomic E-state index is 0.469. The van der Waals surface area contributed by atoms with Crippen LogP contribution < -0.4 is 10.6 Å². The monoisotopic (exact) mass is 279 g/mol. The highest BCUT2D eigenvalue weighted by molar-refractivity contribution is 6.33. The summed E-state index contributed by atoms with van der Waals surface area (Å²) in [5, 5.41) is 0.718. The topological polar surface area (TPSA) is 42.2 Å². The van der Waals surface area contributed by atoms with Gasteiger partial charge in [-0.2, -0.15) is 0 Å². The number of rotatable bonds is 4. The van der Waals surface area contributed by atoms with Gasteiger partial charge in [0.05, 0.1) is 5.02 Å². The van der Waals surface area contributed by atoms with Crippen molar-refractivity contribution in [3.63, 3.8) is 0 Å². The van der Waals surface area contributed by atoms with Gasteiger partial charge >= 0.3 is 0 Å². The summed E-state index contributed by atoms with van der Waals surface area (Å²) in [7, 11) is 2.10. The molecule has 4 heteroatoms. The molecule has 0 spiro atoms. The first-order chi connectivity index (χ1) is 9.19. The molecular weight excluding hydrogens is 258 g/mol. The van der Waals surface area contributed by atoms with Crippen molar-refractivity contribution in [3.05, 3.63) is 22.8 Å². The molecule has 1 aromatic heterocycles. The van der Waals surface area contributed by atoms with Crippen molar-refractivity contribution < 1.29 is 0 Å². The number of pyridine rings is 1. The molecule has 2 N–H and O–H groups in total. The summed E-state index contributed by atoms with van der Waals surface area (Å²) in [5.74, 6) is 3.63. The summed E-state index contributed by atoms with van der Waals surface area (Å²) in [6.07, 6.45) is 7.52. The van der Waals surface area contributed by atoms with Crippen LogP contribution in [0.2, 0.25) is 5.02 Å². The van der Waals surface area contributed by atoms with Crippen molar-refractivity contribution in [1.82, 2.24) is 4.98 Å². The minimum absolute atomic E-state index is 0.469. The Labute approximate surface area is 120 Å². The molecule has 3 atom stereocenters. The first-order valence-corrected chi connectivity index (χ1v) is 7.61. The van der Waals surface area contributed by atoms with Gasteiger partial charge in [0, 0.05) is 26.3 Å². The molecule has 0 aromatic carbocycles. The number of fused-ring (bicyclic) bond motifs is 2. The molecule has 2 bridgehead atoms. The van der Waals surface area contributed by atoms with E-state index in [9.17, 15) is 0 Å². The van der Waals surface area contributed by atoms with Gasteiger partial charge in [-0.25, -0.2) is 4.98 Å². The Hall–Kier alpha value is -0.800. The van der Waals surface area contributed by atoms with Crippen LogP contribution in [0.15, 0.2) is 12.3 Å². The lowest BCUT2D eigenvalue weighted by molar-refractivity contribution is 0.337. The number of nitrogens with zero attached hydrogens (tertiary/aromatic N) is 2. The second-order valence-electron chi connectivity index (χ2n) is 6.13. The second-order valence-corrected chi connectivity index (χ2v) is 6.51. The summed E-state index contributed by atoms with van der Waals surface area (Å²) in [5.41, 5.74) is 6.68. The highest BCUT2D eigenvalue weighted by Gasteiger charge is 2.39.